The van der Waals surface area contributed by atoms with E-state index in [1.165, 1.54) is 16.2 Å². The van der Waals surface area contributed by atoms with Gasteiger partial charge in [-0.1, -0.05) is 42.5 Å². The van der Waals surface area contributed by atoms with Crippen LogP contribution in [0.5, 0.6) is 0 Å². The molecule has 0 spiro atoms. The molecule has 13 heteroatoms. The Labute approximate surface area is 215 Å². The number of imidazole rings is 2. The van der Waals surface area contributed by atoms with Gasteiger partial charge in [0, 0.05) is 16.8 Å². The van der Waals surface area contributed by atoms with Gasteiger partial charge in [-0.25, -0.2) is 9.38 Å². The first kappa shape index (κ1) is 22.9. The topological polar surface area (TPSA) is 142 Å². The van der Waals surface area contributed by atoms with Crippen molar-refractivity contribution in [2.75, 3.05) is 12.3 Å². The van der Waals surface area contributed by atoms with E-state index >= 15 is 0 Å². The van der Waals surface area contributed by atoms with E-state index in [9.17, 15) is 9.90 Å². The minimum Gasteiger partial charge on any atom is -0.398 e. The number of aliphatic hydroxyl groups excluding tert-OH is 1. The molecule has 4 N–H and O–H groups in total. The lowest BCUT2D eigenvalue weighted by molar-refractivity contribution is -0.0553. The van der Waals surface area contributed by atoms with Gasteiger partial charge < -0.3 is 29.6 Å². The van der Waals surface area contributed by atoms with Gasteiger partial charge in [0.2, 0.25) is 5.78 Å². The lowest BCUT2D eigenvalue weighted by atomic mass is 10.1. The quantitative estimate of drug-likeness (QED) is 0.233. The summed E-state index contributed by atoms with van der Waals surface area (Å²) in [6, 6.07) is 17.0. The fourth-order valence-electron chi connectivity index (χ4n) is 4.66. The van der Waals surface area contributed by atoms with Crippen molar-refractivity contribution >= 4 is 43.4 Å². The second-order valence-corrected chi connectivity index (χ2v) is 10.5. The van der Waals surface area contributed by atoms with Gasteiger partial charge >= 0.3 is 0 Å². The number of benzene rings is 2. The van der Waals surface area contributed by atoms with Crippen molar-refractivity contribution < 1.29 is 18.9 Å². The van der Waals surface area contributed by atoms with Crippen LogP contribution in [0.4, 0.5) is 5.69 Å². The summed E-state index contributed by atoms with van der Waals surface area (Å²) in [6.45, 7) is 0.300. The minimum atomic E-state index is -1.02. The first-order valence-corrected chi connectivity index (χ1v) is 13.2. The van der Waals surface area contributed by atoms with E-state index in [2.05, 4.69) is 9.97 Å². The van der Waals surface area contributed by atoms with Crippen molar-refractivity contribution in [2.24, 2.45) is 0 Å². The number of hydrogen-bond donors (Lipinski definition) is 3. The maximum Gasteiger partial charge on any atom is 0.287 e. The molecule has 0 amide bonds. The molecule has 0 radical (unpaired) electrons. The Morgan fingerprint density at radius 2 is 1.95 bits per heavy atom. The third kappa shape index (κ3) is 3.76. The van der Waals surface area contributed by atoms with Crippen LogP contribution in [0, 0.1) is 0 Å². The molecular formula is C24H21N6O5PS. The van der Waals surface area contributed by atoms with Gasteiger partial charge in [-0.3, -0.25) is 9.36 Å². The van der Waals surface area contributed by atoms with E-state index in [-0.39, 0.29) is 25.8 Å². The van der Waals surface area contributed by atoms with Crippen molar-refractivity contribution in [1.82, 2.24) is 23.9 Å². The number of anilines is 1. The number of para-hydroxylation sites is 1. The third-order valence-corrected chi connectivity index (χ3v) is 8.19. The molecule has 5 atom stereocenters. The molecule has 2 fully saturated rings. The number of nitrogens with zero attached hydrogens (tertiary/aromatic N) is 4. The summed E-state index contributed by atoms with van der Waals surface area (Å²) in [5, 5.41) is 11.6. The number of nitrogen functional groups attached to an aromatic ring is 1. The van der Waals surface area contributed by atoms with Crippen LogP contribution in [-0.2, 0) is 13.8 Å². The zero-order valence-electron chi connectivity index (χ0n) is 19.1. The maximum atomic E-state index is 13.6. The molecule has 3 aromatic heterocycles. The summed E-state index contributed by atoms with van der Waals surface area (Å²) < 4.78 is 20.3. The van der Waals surface area contributed by atoms with Gasteiger partial charge in [0.25, 0.3) is 5.56 Å². The largest absolute Gasteiger partial charge is 0.398 e. The lowest BCUT2D eigenvalue weighted by Gasteiger charge is -2.24. The van der Waals surface area contributed by atoms with Gasteiger partial charge in [0.15, 0.2) is 31.6 Å². The molecular weight excluding hydrogens is 515 g/mol. The highest BCUT2D eigenvalue weighted by Crippen LogP contribution is 2.43. The zero-order chi connectivity index (χ0) is 25.1. The molecule has 5 aromatic rings. The number of aromatic nitrogens is 5. The molecule has 7 rings (SSSR count). The Balaban J connectivity index is 1.42. The highest BCUT2D eigenvalue weighted by atomic mass is 32.2. The van der Waals surface area contributed by atoms with Crippen LogP contribution in [0.15, 0.2) is 75.6 Å². The van der Waals surface area contributed by atoms with Gasteiger partial charge in [0.1, 0.15) is 18.3 Å². The van der Waals surface area contributed by atoms with Crippen molar-refractivity contribution in [3.63, 3.8) is 0 Å². The second-order valence-electron chi connectivity index (χ2n) is 8.75. The summed E-state index contributed by atoms with van der Waals surface area (Å²) in [7, 11) is -0.176. The van der Waals surface area contributed by atoms with E-state index in [4.69, 9.17) is 24.5 Å². The number of fused-ring (bicyclic) bond motifs is 3. The number of nitrogens with two attached hydrogens (primary N) is 1. The van der Waals surface area contributed by atoms with Crippen LogP contribution in [0.25, 0.3) is 28.2 Å². The van der Waals surface area contributed by atoms with Gasteiger partial charge in [-0.05, 0) is 29.5 Å². The van der Waals surface area contributed by atoms with Crippen molar-refractivity contribution in [1.29, 1.82) is 0 Å². The molecule has 5 heterocycles. The van der Waals surface area contributed by atoms with E-state index in [0.717, 1.165) is 16.2 Å². The predicted molar refractivity (Wildman–Crippen MR) is 139 cm³/mol. The number of hydrogen-bond acceptors (Lipinski definition) is 9. The van der Waals surface area contributed by atoms with Crippen LogP contribution in [0.3, 0.4) is 0 Å². The molecule has 0 bridgehead atoms. The van der Waals surface area contributed by atoms with Gasteiger partial charge in [0.05, 0.1) is 12.3 Å². The van der Waals surface area contributed by atoms with E-state index in [1.54, 1.807) is 16.8 Å². The number of nitrogens with one attached hydrogen (secondary N) is 1. The van der Waals surface area contributed by atoms with Crippen molar-refractivity contribution in [3.05, 3.63) is 71.1 Å². The predicted octanol–water partition coefficient (Wildman–Crippen LogP) is 2.95. The minimum absolute atomic E-state index is 0.151. The highest BCUT2D eigenvalue weighted by molar-refractivity contribution is 7.99. The first-order chi connectivity index (χ1) is 18.1. The number of aromatic amines is 1. The Kier molecular flexibility index (Phi) is 5.54. The standard InChI is InChI=1S/C24H21N6O5PS/c25-13-8-4-5-9-16(13)37-24-27-17-20(30(24)22-18(31)19-15(34-22)11-33-36-35-19)28-23-26-14(10-29(23)21(17)32)12-6-2-1-3-7-12/h1-10,15,18-19,22,31,36H,11,25H2,(H,26,28). The SMILES string of the molecule is Nc1ccccc1Sc1nc2c(=O)n3cc(-c4ccccc4)[nH]c3nc2n1C1OC2COPOC2C1O. The molecule has 2 saturated heterocycles. The Morgan fingerprint density at radius 3 is 2.76 bits per heavy atom. The average molecular weight is 537 g/mol. The van der Waals surface area contributed by atoms with E-state index in [1.807, 2.05) is 48.5 Å². The fraction of sp³-hybridized carbons (Fsp3) is 0.208. The maximum absolute atomic E-state index is 13.6. The summed E-state index contributed by atoms with van der Waals surface area (Å²) >= 11 is 1.27. The zero-order valence-corrected chi connectivity index (χ0v) is 21.0. The number of ether oxygens (including phenoxy) is 1. The highest BCUT2D eigenvalue weighted by Gasteiger charge is 2.49. The molecule has 37 heavy (non-hydrogen) atoms. The number of aliphatic hydroxyl groups is 1. The summed E-state index contributed by atoms with van der Waals surface area (Å²) in [6.07, 6.45) is -1.22. The lowest BCUT2D eigenvalue weighted by Crippen LogP contribution is -2.37. The van der Waals surface area contributed by atoms with Crippen LogP contribution in [-0.4, -0.2) is 53.9 Å². The van der Waals surface area contributed by atoms with E-state index in [0.29, 0.717) is 23.2 Å². The van der Waals surface area contributed by atoms with Crippen LogP contribution >= 0.6 is 20.8 Å². The normalized spacial score (nSPS) is 24.2. The molecule has 2 aliphatic rings. The second kappa shape index (κ2) is 8.95. The Morgan fingerprint density at radius 1 is 1.14 bits per heavy atom. The molecule has 11 nitrogen and oxygen atoms in total. The monoisotopic (exact) mass is 536 g/mol. The molecule has 2 aromatic carbocycles. The van der Waals surface area contributed by atoms with Crippen LogP contribution in [0.2, 0.25) is 0 Å². The average Bonchev–Trinajstić information content (AvgIpc) is 3.60. The van der Waals surface area contributed by atoms with E-state index < -0.39 is 24.5 Å². The molecule has 188 valence electrons. The summed E-state index contributed by atoms with van der Waals surface area (Å²) in [4.78, 5) is 27.0. The molecule has 2 aliphatic heterocycles. The molecule has 0 aliphatic carbocycles. The summed E-state index contributed by atoms with van der Waals surface area (Å²) in [5.74, 6) is 0.347. The Bertz CT molecular complexity index is 1690. The smallest absolute Gasteiger partial charge is 0.287 e. The summed E-state index contributed by atoms with van der Waals surface area (Å²) in [5.41, 5.74) is 8.51. The number of H-pyrrole nitrogens is 1. The van der Waals surface area contributed by atoms with Gasteiger partial charge in [-0.2, -0.15) is 4.98 Å². The Hall–Kier alpha value is -3.25. The fourth-order valence-corrected chi connectivity index (χ4v) is 6.32. The first-order valence-electron chi connectivity index (χ1n) is 11.6. The van der Waals surface area contributed by atoms with Crippen molar-refractivity contribution in [2.45, 2.75) is 34.6 Å². The van der Waals surface area contributed by atoms with Gasteiger partial charge in [-0.15, -0.1) is 0 Å². The molecule has 5 unspecified atom stereocenters. The van der Waals surface area contributed by atoms with Crippen molar-refractivity contribution in [3.8, 4) is 11.3 Å². The van der Waals surface area contributed by atoms with Crippen LogP contribution in [0.1, 0.15) is 6.23 Å². The molecule has 0 saturated carbocycles. The third-order valence-electron chi connectivity index (χ3n) is 6.48. The van der Waals surface area contributed by atoms with Crippen LogP contribution < -0.4 is 11.3 Å². The number of rotatable bonds is 4.